The van der Waals surface area contributed by atoms with E-state index < -0.39 is 0 Å². The molecule has 2 N–H and O–H groups in total. The van der Waals surface area contributed by atoms with Crippen LogP contribution in [0.4, 0.5) is 5.69 Å². The predicted molar refractivity (Wildman–Crippen MR) is 93.8 cm³/mol. The summed E-state index contributed by atoms with van der Waals surface area (Å²) in [7, 11) is 0. The summed E-state index contributed by atoms with van der Waals surface area (Å²) in [6, 6.07) is 7.89. The molecule has 0 aromatic heterocycles. The molecule has 4 nitrogen and oxygen atoms in total. The molecule has 1 heterocycles. The molecule has 0 radical (unpaired) electrons. The number of anilines is 1. The topological polar surface area (TPSA) is 52.6 Å². The van der Waals surface area contributed by atoms with E-state index in [1.807, 2.05) is 30.5 Å². The zero-order valence-electron chi connectivity index (χ0n) is 13.3. The molecule has 0 bridgehead atoms. The molecule has 2 rings (SSSR count). The summed E-state index contributed by atoms with van der Waals surface area (Å²) in [6.45, 7) is 2.31. The number of amides is 1. The number of carbonyl (C=O) groups excluding carboxylic acids is 1. The van der Waals surface area contributed by atoms with Gasteiger partial charge in [0.1, 0.15) is 0 Å². The lowest BCUT2D eigenvalue weighted by molar-refractivity contribution is 0.0935. The zero-order valence-corrected chi connectivity index (χ0v) is 14.1. The molecule has 1 aliphatic rings. The summed E-state index contributed by atoms with van der Waals surface area (Å²) in [6.07, 6.45) is 6.42. The molecule has 0 spiro atoms. The number of hydrogen-bond donors (Lipinski definition) is 2. The molecular weight excluding hydrogens is 296 g/mol. The highest BCUT2D eigenvalue weighted by atomic mass is 32.2. The minimum Gasteiger partial charge on any atom is -0.396 e. The highest BCUT2D eigenvalue weighted by Crippen LogP contribution is 2.20. The number of rotatable bonds is 7. The average molecular weight is 322 g/mol. The Bertz CT molecular complexity index is 452. The van der Waals surface area contributed by atoms with Crippen molar-refractivity contribution in [2.45, 2.75) is 31.7 Å². The Kier molecular flexibility index (Phi) is 7.06. The molecule has 0 saturated carbocycles. The molecule has 5 heteroatoms. The molecule has 0 aliphatic carbocycles. The summed E-state index contributed by atoms with van der Waals surface area (Å²) >= 11 is 1.68. The molecule has 1 atom stereocenters. The summed E-state index contributed by atoms with van der Waals surface area (Å²) < 4.78 is 0. The van der Waals surface area contributed by atoms with E-state index in [0.717, 1.165) is 18.8 Å². The van der Waals surface area contributed by atoms with Gasteiger partial charge in [-0.15, -0.1) is 0 Å². The first-order valence-electron chi connectivity index (χ1n) is 8.00. The van der Waals surface area contributed by atoms with E-state index in [2.05, 4.69) is 10.2 Å². The van der Waals surface area contributed by atoms with Gasteiger partial charge >= 0.3 is 0 Å². The van der Waals surface area contributed by atoms with Crippen LogP contribution in [-0.4, -0.2) is 48.8 Å². The first-order chi connectivity index (χ1) is 10.7. The number of benzene rings is 1. The second-order valence-electron chi connectivity index (χ2n) is 5.73. The van der Waals surface area contributed by atoms with Crippen LogP contribution >= 0.6 is 11.8 Å². The second kappa shape index (κ2) is 9.06. The molecule has 122 valence electrons. The van der Waals surface area contributed by atoms with Crippen LogP contribution in [0, 0.1) is 0 Å². The van der Waals surface area contributed by atoms with Crippen molar-refractivity contribution in [2.24, 2.45) is 0 Å². The van der Waals surface area contributed by atoms with Gasteiger partial charge in [0.25, 0.3) is 5.91 Å². The molecule has 1 amide bonds. The number of thioether (sulfide) groups is 1. The van der Waals surface area contributed by atoms with E-state index in [1.165, 1.54) is 24.9 Å². The van der Waals surface area contributed by atoms with Gasteiger partial charge in [-0.05, 0) is 56.2 Å². The minimum absolute atomic E-state index is 0.0225. The van der Waals surface area contributed by atoms with Crippen molar-refractivity contribution in [3.8, 4) is 0 Å². The van der Waals surface area contributed by atoms with Crippen molar-refractivity contribution in [3.63, 3.8) is 0 Å². The van der Waals surface area contributed by atoms with Crippen LogP contribution in [0.25, 0.3) is 0 Å². The van der Waals surface area contributed by atoms with Crippen molar-refractivity contribution in [3.05, 3.63) is 29.8 Å². The number of nitrogens with one attached hydrogen (secondary N) is 1. The van der Waals surface area contributed by atoms with E-state index in [-0.39, 0.29) is 18.6 Å². The van der Waals surface area contributed by atoms with Gasteiger partial charge in [-0.1, -0.05) is 0 Å². The number of aliphatic hydroxyl groups excluding tert-OH is 1. The van der Waals surface area contributed by atoms with Gasteiger partial charge in [0, 0.05) is 42.7 Å². The molecule has 22 heavy (non-hydrogen) atoms. The van der Waals surface area contributed by atoms with Crippen molar-refractivity contribution < 1.29 is 9.90 Å². The van der Waals surface area contributed by atoms with Crippen LogP contribution in [0.2, 0.25) is 0 Å². The van der Waals surface area contributed by atoms with Crippen LogP contribution in [0.3, 0.4) is 0 Å². The van der Waals surface area contributed by atoms with E-state index in [4.69, 9.17) is 5.11 Å². The lowest BCUT2D eigenvalue weighted by Crippen LogP contribution is -2.37. The third kappa shape index (κ3) is 4.92. The molecule has 1 fully saturated rings. The minimum atomic E-state index is -0.0577. The molecule has 1 aliphatic heterocycles. The van der Waals surface area contributed by atoms with Crippen LogP contribution < -0.4 is 10.2 Å². The maximum atomic E-state index is 12.3. The van der Waals surface area contributed by atoms with Gasteiger partial charge in [0.05, 0.1) is 0 Å². The number of hydrogen-bond acceptors (Lipinski definition) is 4. The van der Waals surface area contributed by atoms with Crippen molar-refractivity contribution in [1.29, 1.82) is 0 Å². The molecular formula is C17H26N2O2S. The Hall–Kier alpha value is -1.20. The highest BCUT2D eigenvalue weighted by Gasteiger charge is 2.14. The van der Waals surface area contributed by atoms with E-state index in [0.29, 0.717) is 12.0 Å². The number of carbonyl (C=O) groups is 1. The van der Waals surface area contributed by atoms with Gasteiger partial charge in [-0.25, -0.2) is 0 Å². The van der Waals surface area contributed by atoms with Crippen LogP contribution in [-0.2, 0) is 0 Å². The third-order valence-electron chi connectivity index (χ3n) is 4.03. The van der Waals surface area contributed by atoms with Gasteiger partial charge in [-0.3, -0.25) is 4.79 Å². The third-order valence-corrected chi connectivity index (χ3v) is 4.77. The SMILES string of the molecule is CSCC(CCO)NC(=O)c1ccc(N2CCCCC2)cc1. The average Bonchev–Trinajstić information content (AvgIpc) is 2.56. The summed E-state index contributed by atoms with van der Waals surface area (Å²) in [5.41, 5.74) is 1.89. The second-order valence-corrected chi connectivity index (χ2v) is 6.64. The van der Waals surface area contributed by atoms with Crippen molar-refractivity contribution in [1.82, 2.24) is 5.32 Å². The Morgan fingerprint density at radius 3 is 2.55 bits per heavy atom. The molecule has 1 unspecified atom stereocenters. The van der Waals surface area contributed by atoms with E-state index in [9.17, 15) is 4.79 Å². The first kappa shape index (κ1) is 17.2. The number of nitrogens with zero attached hydrogens (tertiary/aromatic N) is 1. The normalized spacial score (nSPS) is 16.4. The van der Waals surface area contributed by atoms with E-state index in [1.54, 1.807) is 11.8 Å². The zero-order chi connectivity index (χ0) is 15.8. The fourth-order valence-electron chi connectivity index (χ4n) is 2.80. The Morgan fingerprint density at radius 1 is 1.27 bits per heavy atom. The quantitative estimate of drug-likeness (QED) is 0.810. The fourth-order valence-corrected chi connectivity index (χ4v) is 3.45. The van der Waals surface area contributed by atoms with Gasteiger partial charge in [0.15, 0.2) is 0 Å². The maximum Gasteiger partial charge on any atom is 0.251 e. The highest BCUT2D eigenvalue weighted by molar-refractivity contribution is 7.98. The largest absolute Gasteiger partial charge is 0.396 e. The smallest absolute Gasteiger partial charge is 0.251 e. The maximum absolute atomic E-state index is 12.3. The number of piperidine rings is 1. The standard InChI is InChI=1S/C17H26N2O2S/c1-22-13-15(9-12-20)18-17(21)14-5-7-16(8-6-14)19-10-3-2-4-11-19/h5-8,15,20H,2-4,9-13H2,1H3,(H,18,21). The Labute approximate surface area is 137 Å². The van der Waals surface area contributed by atoms with Gasteiger partial charge in [-0.2, -0.15) is 11.8 Å². The number of aliphatic hydroxyl groups is 1. The predicted octanol–water partition coefficient (Wildman–Crippen LogP) is 2.52. The van der Waals surface area contributed by atoms with Crippen LogP contribution in [0.5, 0.6) is 0 Å². The lowest BCUT2D eigenvalue weighted by atomic mass is 10.1. The van der Waals surface area contributed by atoms with Gasteiger partial charge < -0.3 is 15.3 Å². The Morgan fingerprint density at radius 2 is 1.95 bits per heavy atom. The molecule has 1 aromatic rings. The summed E-state index contributed by atoms with van der Waals surface area (Å²) in [5, 5.41) is 12.1. The molecule has 1 saturated heterocycles. The van der Waals surface area contributed by atoms with E-state index >= 15 is 0 Å². The van der Waals surface area contributed by atoms with Crippen molar-refractivity contribution >= 4 is 23.4 Å². The summed E-state index contributed by atoms with van der Waals surface area (Å²) in [4.78, 5) is 14.7. The van der Waals surface area contributed by atoms with Crippen molar-refractivity contribution in [2.75, 3.05) is 36.6 Å². The molecule has 1 aromatic carbocycles. The Balaban J connectivity index is 1.95. The fraction of sp³-hybridized carbons (Fsp3) is 0.588. The van der Waals surface area contributed by atoms with Gasteiger partial charge in [0.2, 0.25) is 0 Å². The summed E-state index contributed by atoms with van der Waals surface area (Å²) in [5.74, 6) is 0.760. The first-order valence-corrected chi connectivity index (χ1v) is 9.39. The van der Waals surface area contributed by atoms with Crippen LogP contribution in [0.15, 0.2) is 24.3 Å². The van der Waals surface area contributed by atoms with Crippen LogP contribution in [0.1, 0.15) is 36.0 Å². The monoisotopic (exact) mass is 322 g/mol. The lowest BCUT2D eigenvalue weighted by Gasteiger charge is -2.28.